The lowest BCUT2D eigenvalue weighted by molar-refractivity contribution is -0.125. The maximum atomic E-state index is 12.6. The first-order valence-electron chi connectivity index (χ1n) is 9.35. The monoisotopic (exact) mass is 390 g/mol. The molecule has 0 saturated heterocycles. The van der Waals surface area contributed by atoms with E-state index in [9.17, 15) is 14.4 Å². The van der Waals surface area contributed by atoms with E-state index in [1.807, 2.05) is 0 Å². The van der Waals surface area contributed by atoms with E-state index in [-0.39, 0.29) is 11.9 Å². The number of hydrogen-bond acceptors (Lipinski definition) is 5. The molecule has 0 radical (unpaired) electrons. The largest absolute Gasteiger partial charge is 0.370 e. The van der Waals surface area contributed by atoms with Gasteiger partial charge in [-0.1, -0.05) is 18.2 Å². The summed E-state index contributed by atoms with van der Waals surface area (Å²) in [5, 5.41) is 5.42. The number of unbranched alkanes of at least 4 members (excludes halogenated alkanes) is 1. The molecule has 0 spiro atoms. The van der Waals surface area contributed by atoms with Crippen LogP contribution in [-0.4, -0.2) is 49.2 Å². The number of carbonyl (C=O) groups is 3. The molecular formula is C19H30N6O3. The van der Waals surface area contributed by atoms with Crippen LogP contribution in [0.15, 0.2) is 35.3 Å². The van der Waals surface area contributed by atoms with Gasteiger partial charge >= 0.3 is 0 Å². The van der Waals surface area contributed by atoms with Crippen molar-refractivity contribution in [2.24, 2.45) is 22.2 Å². The van der Waals surface area contributed by atoms with Crippen LogP contribution in [0.4, 0.5) is 0 Å². The Morgan fingerprint density at radius 2 is 1.75 bits per heavy atom. The van der Waals surface area contributed by atoms with Gasteiger partial charge in [0.1, 0.15) is 12.3 Å². The van der Waals surface area contributed by atoms with Crippen LogP contribution in [0, 0.1) is 0 Å². The number of aldehydes is 1. The van der Waals surface area contributed by atoms with Gasteiger partial charge in [0, 0.05) is 12.1 Å². The van der Waals surface area contributed by atoms with Crippen LogP contribution in [0.5, 0.6) is 0 Å². The van der Waals surface area contributed by atoms with Crippen molar-refractivity contribution in [1.29, 1.82) is 0 Å². The maximum absolute atomic E-state index is 12.6. The summed E-state index contributed by atoms with van der Waals surface area (Å²) in [6.07, 6.45) is 3.45. The normalized spacial score (nSPS) is 12.5. The van der Waals surface area contributed by atoms with E-state index in [0.717, 1.165) is 6.42 Å². The first kappa shape index (κ1) is 23.1. The Hall–Kier alpha value is -2.94. The van der Waals surface area contributed by atoms with E-state index in [0.29, 0.717) is 50.6 Å². The van der Waals surface area contributed by atoms with E-state index in [2.05, 4.69) is 15.6 Å². The minimum Gasteiger partial charge on any atom is -0.370 e. The van der Waals surface area contributed by atoms with Crippen LogP contribution >= 0.6 is 0 Å². The predicted molar refractivity (Wildman–Crippen MR) is 109 cm³/mol. The molecule has 0 aliphatic carbocycles. The zero-order chi connectivity index (χ0) is 20.8. The van der Waals surface area contributed by atoms with Crippen LogP contribution < -0.4 is 27.8 Å². The summed E-state index contributed by atoms with van der Waals surface area (Å²) in [4.78, 5) is 40.2. The summed E-state index contributed by atoms with van der Waals surface area (Å²) in [6.45, 7) is 0.871. The van der Waals surface area contributed by atoms with Crippen molar-refractivity contribution in [3.8, 4) is 0 Å². The summed E-state index contributed by atoms with van der Waals surface area (Å²) in [7, 11) is 0. The molecule has 0 heterocycles. The van der Waals surface area contributed by atoms with Crippen molar-refractivity contribution in [2.75, 3.05) is 13.1 Å². The number of amides is 2. The maximum Gasteiger partial charge on any atom is 0.251 e. The van der Waals surface area contributed by atoms with E-state index >= 15 is 0 Å². The summed E-state index contributed by atoms with van der Waals surface area (Å²) in [5.41, 5.74) is 16.5. The fourth-order valence-electron chi connectivity index (χ4n) is 2.57. The molecule has 0 saturated carbocycles. The van der Waals surface area contributed by atoms with Crippen LogP contribution in [-0.2, 0) is 9.59 Å². The van der Waals surface area contributed by atoms with Crippen molar-refractivity contribution in [3.05, 3.63) is 35.9 Å². The van der Waals surface area contributed by atoms with Gasteiger partial charge in [-0.05, 0) is 50.8 Å². The van der Waals surface area contributed by atoms with Crippen molar-refractivity contribution >= 4 is 24.1 Å². The predicted octanol–water partition coefficient (Wildman–Crippen LogP) is -0.349. The highest BCUT2D eigenvalue weighted by Gasteiger charge is 2.23. The highest BCUT2D eigenvalue weighted by atomic mass is 16.2. The smallest absolute Gasteiger partial charge is 0.251 e. The second-order valence-electron chi connectivity index (χ2n) is 6.38. The molecule has 0 aromatic heterocycles. The lowest BCUT2D eigenvalue weighted by Gasteiger charge is -2.21. The van der Waals surface area contributed by atoms with Gasteiger partial charge in [0.15, 0.2) is 5.96 Å². The summed E-state index contributed by atoms with van der Waals surface area (Å²) in [5.74, 6) is -0.764. The van der Waals surface area contributed by atoms with E-state index in [1.165, 1.54) is 0 Å². The number of carbonyl (C=O) groups excluding carboxylic acids is 3. The topological polar surface area (TPSA) is 166 Å². The SMILES string of the molecule is NCCCC[C@H](NC(=O)c1ccccc1)C(=O)N[C@H](C=O)CCCN=C(N)N. The molecule has 9 heteroatoms. The van der Waals surface area contributed by atoms with Crippen molar-refractivity contribution < 1.29 is 14.4 Å². The first-order valence-corrected chi connectivity index (χ1v) is 9.35. The Labute approximate surface area is 165 Å². The number of aliphatic imine (C=N–C) groups is 1. The molecule has 0 bridgehead atoms. The zero-order valence-electron chi connectivity index (χ0n) is 16.0. The molecular weight excluding hydrogens is 360 g/mol. The van der Waals surface area contributed by atoms with Gasteiger partial charge < -0.3 is 32.6 Å². The van der Waals surface area contributed by atoms with Gasteiger partial charge in [-0.25, -0.2) is 0 Å². The third kappa shape index (κ3) is 9.13. The lowest BCUT2D eigenvalue weighted by atomic mass is 10.1. The average molecular weight is 390 g/mol. The fourth-order valence-corrected chi connectivity index (χ4v) is 2.57. The zero-order valence-corrected chi connectivity index (χ0v) is 16.0. The highest BCUT2D eigenvalue weighted by Crippen LogP contribution is 2.06. The Morgan fingerprint density at radius 3 is 2.36 bits per heavy atom. The van der Waals surface area contributed by atoms with E-state index < -0.39 is 18.0 Å². The van der Waals surface area contributed by atoms with Crippen molar-refractivity contribution in [2.45, 2.75) is 44.2 Å². The number of guanidine groups is 1. The molecule has 0 aliphatic heterocycles. The van der Waals surface area contributed by atoms with Crippen LogP contribution in [0.1, 0.15) is 42.5 Å². The van der Waals surface area contributed by atoms with Gasteiger partial charge in [0.05, 0.1) is 6.04 Å². The van der Waals surface area contributed by atoms with Crippen molar-refractivity contribution in [1.82, 2.24) is 10.6 Å². The Kier molecular flexibility index (Phi) is 10.9. The lowest BCUT2D eigenvalue weighted by Crippen LogP contribution is -2.50. The molecule has 9 nitrogen and oxygen atoms in total. The highest BCUT2D eigenvalue weighted by molar-refractivity contribution is 5.97. The van der Waals surface area contributed by atoms with Crippen LogP contribution in [0.25, 0.3) is 0 Å². The molecule has 0 aliphatic rings. The number of hydrogen-bond donors (Lipinski definition) is 5. The molecule has 0 unspecified atom stereocenters. The number of rotatable bonds is 13. The molecule has 154 valence electrons. The Balaban J connectivity index is 2.67. The second-order valence-corrected chi connectivity index (χ2v) is 6.38. The molecule has 1 aromatic carbocycles. The summed E-state index contributed by atoms with van der Waals surface area (Å²) < 4.78 is 0. The summed E-state index contributed by atoms with van der Waals surface area (Å²) >= 11 is 0. The molecule has 2 amide bonds. The Bertz CT molecular complexity index is 646. The second kappa shape index (κ2) is 13.3. The molecule has 28 heavy (non-hydrogen) atoms. The molecule has 2 atom stereocenters. The minimum absolute atomic E-state index is 0.0183. The van der Waals surface area contributed by atoms with Crippen LogP contribution in [0.2, 0.25) is 0 Å². The van der Waals surface area contributed by atoms with Gasteiger partial charge in [-0.15, -0.1) is 0 Å². The molecule has 1 aromatic rings. The van der Waals surface area contributed by atoms with Crippen LogP contribution in [0.3, 0.4) is 0 Å². The summed E-state index contributed by atoms with van der Waals surface area (Å²) in [6, 6.07) is 7.21. The van der Waals surface area contributed by atoms with E-state index in [1.54, 1.807) is 30.3 Å². The van der Waals surface area contributed by atoms with Crippen molar-refractivity contribution in [3.63, 3.8) is 0 Å². The average Bonchev–Trinajstić information content (AvgIpc) is 2.69. The minimum atomic E-state index is -0.751. The number of nitrogens with two attached hydrogens (primary N) is 3. The third-order valence-corrected chi connectivity index (χ3v) is 4.06. The number of benzene rings is 1. The standard InChI is InChI=1S/C19H30N6O3/c20-11-5-4-10-16(25-17(27)14-7-2-1-3-8-14)18(28)24-15(13-26)9-6-12-23-19(21)22/h1-3,7-8,13,15-16H,4-6,9-12,20H2,(H,24,28)(H,25,27)(H4,21,22,23)/t15-,16-/m0/s1. The molecule has 0 fully saturated rings. The van der Waals surface area contributed by atoms with Gasteiger partial charge in [0.25, 0.3) is 5.91 Å². The molecule has 1 rings (SSSR count). The fraction of sp³-hybridized carbons (Fsp3) is 0.474. The van der Waals surface area contributed by atoms with Gasteiger partial charge in [-0.2, -0.15) is 0 Å². The number of nitrogens with zero attached hydrogens (tertiary/aromatic N) is 1. The van der Waals surface area contributed by atoms with Gasteiger partial charge in [0.2, 0.25) is 5.91 Å². The Morgan fingerprint density at radius 1 is 1.04 bits per heavy atom. The number of nitrogens with one attached hydrogen (secondary N) is 2. The van der Waals surface area contributed by atoms with E-state index in [4.69, 9.17) is 17.2 Å². The quantitative estimate of drug-likeness (QED) is 0.134. The third-order valence-electron chi connectivity index (χ3n) is 4.06. The molecule has 8 N–H and O–H groups in total. The van der Waals surface area contributed by atoms with Gasteiger partial charge in [-0.3, -0.25) is 14.6 Å². The first-order chi connectivity index (χ1) is 13.5.